The van der Waals surface area contributed by atoms with Gasteiger partial charge >= 0.3 is 5.69 Å². The van der Waals surface area contributed by atoms with Gasteiger partial charge in [-0.3, -0.25) is 14.3 Å². The Morgan fingerprint density at radius 1 is 0.784 bits per heavy atom. The van der Waals surface area contributed by atoms with Gasteiger partial charge in [-0.25, -0.2) is 14.1 Å². The van der Waals surface area contributed by atoms with Crippen molar-refractivity contribution >= 4 is 8.45 Å². The highest BCUT2D eigenvalue weighted by Gasteiger charge is 2.45. The van der Waals surface area contributed by atoms with Crippen molar-refractivity contribution in [2.24, 2.45) is 0 Å². The van der Waals surface area contributed by atoms with Gasteiger partial charge in [0.15, 0.2) is 8.45 Å². The van der Waals surface area contributed by atoms with Crippen LogP contribution in [-0.4, -0.2) is 78.1 Å². The van der Waals surface area contributed by atoms with Crippen LogP contribution in [0.2, 0.25) is 0 Å². The molecule has 3 aliphatic heterocycles. The molecule has 12 heteroatoms. The van der Waals surface area contributed by atoms with Crippen LogP contribution in [0.5, 0.6) is 11.5 Å². The Morgan fingerprint density at radius 3 is 1.84 bits per heavy atom. The van der Waals surface area contributed by atoms with Crippen molar-refractivity contribution in [2.45, 2.75) is 63.1 Å². The van der Waals surface area contributed by atoms with Crippen LogP contribution >= 0.6 is 8.45 Å². The van der Waals surface area contributed by atoms with E-state index in [9.17, 15) is 9.59 Å². The second-order valence-corrected chi connectivity index (χ2v) is 15.2. The molecule has 0 amide bonds. The van der Waals surface area contributed by atoms with Crippen LogP contribution in [0.25, 0.3) is 0 Å². The first-order valence-electron chi connectivity index (χ1n) is 17.8. The summed E-state index contributed by atoms with van der Waals surface area (Å²) in [6.45, 7) is 5.87. The number of aromatic nitrogens is 2. The average Bonchev–Trinajstić information content (AvgIpc) is 3.97. The van der Waals surface area contributed by atoms with Crippen molar-refractivity contribution in [3.63, 3.8) is 0 Å². The van der Waals surface area contributed by atoms with Gasteiger partial charge in [0.25, 0.3) is 5.56 Å². The van der Waals surface area contributed by atoms with Gasteiger partial charge < -0.3 is 23.5 Å². The molecule has 7 rings (SSSR count). The van der Waals surface area contributed by atoms with Gasteiger partial charge in [-0.15, -0.1) is 0 Å². The number of nitrogens with zero attached hydrogens (tertiary/aromatic N) is 3. The molecule has 270 valence electrons. The molecule has 3 atom stereocenters. The highest BCUT2D eigenvalue weighted by molar-refractivity contribution is 7.47. The first kappa shape index (κ1) is 35.6. The van der Waals surface area contributed by atoms with Gasteiger partial charge in [-0.1, -0.05) is 54.6 Å². The fourth-order valence-electron chi connectivity index (χ4n) is 7.39. The van der Waals surface area contributed by atoms with Gasteiger partial charge in [0, 0.05) is 44.4 Å². The van der Waals surface area contributed by atoms with Crippen LogP contribution in [0.1, 0.15) is 60.6 Å². The van der Waals surface area contributed by atoms with Gasteiger partial charge in [0.05, 0.1) is 26.9 Å². The van der Waals surface area contributed by atoms with E-state index >= 15 is 0 Å². The number of benzene rings is 3. The molecular weight excluding hydrogens is 667 g/mol. The Morgan fingerprint density at radius 2 is 1.31 bits per heavy atom. The van der Waals surface area contributed by atoms with E-state index in [0.29, 0.717) is 12.0 Å². The summed E-state index contributed by atoms with van der Waals surface area (Å²) in [5.41, 5.74) is 1.25. The largest absolute Gasteiger partial charge is 0.497 e. The number of nitrogens with one attached hydrogen (secondary N) is 1. The number of methoxy groups -OCH3 is 2. The third-order valence-electron chi connectivity index (χ3n) is 10.2. The van der Waals surface area contributed by atoms with E-state index in [1.54, 1.807) is 27.3 Å². The van der Waals surface area contributed by atoms with E-state index < -0.39 is 37.6 Å². The van der Waals surface area contributed by atoms with E-state index in [2.05, 4.69) is 26.5 Å². The lowest BCUT2D eigenvalue weighted by Crippen LogP contribution is -2.39. The highest BCUT2D eigenvalue weighted by atomic mass is 31.2. The number of ether oxygens (including phenoxy) is 4. The molecule has 0 spiro atoms. The van der Waals surface area contributed by atoms with Gasteiger partial charge in [0.2, 0.25) is 0 Å². The maximum absolute atomic E-state index is 13.1. The number of rotatable bonds is 13. The molecule has 1 aromatic heterocycles. The van der Waals surface area contributed by atoms with Crippen LogP contribution in [0.3, 0.4) is 0 Å². The van der Waals surface area contributed by atoms with Crippen LogP contribution in [0.4, 0.5) is 0 Å². The number of hydrogen-bond acceptors (Lipinski definition) is 9. The summed E-state index contributed by atoms with van der Waals surface area (Å²) in [6, 6.07) is 26.1. The minimum atomic E-state index is -1.05. The van der Waals surface area contributed by atoms with Crippen LogP contribution in [0, 0.1) is 6.92 Å². The van der Waals surface area contributed by atoms with Crippen molar-refractivity contribution in [1.82, 2.24) is 18.9 Å². The number of H-pyrrole nitrogens is 1. The van der Waals surface area contributed by atoms with Crippen LogP contribution in [0.15, 0.2) is 94.6 Å². The van der Waals surface area contributed by atoms with Gasteiger partial charge in [-0.05, 0) is 73.6 Å². The summed E-state index contributed by atoms with van der Waals surface area (Å²) in [4.78, 5) is 27.9. The van der Waals surface area contributed by atoms with Crippen molar-refractivity contribution in [3.05, 3.63) is 128 Å². The second kappa shape index (κ2) is 15.8. The quantitative estimate of drug-likeness (QED) is 0.133. The summed E-state index contributed by atoms with van der Waals surface area (Å²) < 4.78 is 38.7. The third-order valence-corrected chi connectivity index (χ3v) is 12.4. The van der Waals surface area contributed by atoms with Crippen LogP contribution in [-0.2, 0) is 19.6 Å². The first-order chi connectivity index (χ1) is 24.9. The Bertz CT molecular complexity index is 1790. The Kier molecular flexibility index (Phi) is 11.0. The lowest BCUT2D eigenvalue weighted by atomic mass is 9.80. The second-order valence-electron chi connectivity index (χ2n) is 13.4. The van der Waals surface area contributed by atoms with E-state index in [1.165, 1.54) is 4.57 Å². The normalized spacial score (nSPS) is 21.5. The molecule has 3 saturated heterocycles. The summed E-state index contributed by atoms with van der Waals surface area (Å²) in [6.07, 6.45) is 5.09. The third kappa shape index (κ3) is 7.42. The molecule has 0 radical (unpaired) electrons. The number of hydrogen-bond donors (Lipinski definition) is 1. The zero-order valence-electron chi connectivity index (χ0n) is 29.5. The summed E-state index contributed by atoms with van der Waals surface area (Å²) >= 11 is 0. The fraction of sp³-hybridized carbons (Fsp3) is 0.436. The van der Waals surface area contributed by atoms with Crippen molar-refractivity contribution in [3.8, 4) is 11.5 Å². The highest BCUT2D eigenvalue weighted by Crippen LogP contribution is 2.52. The predicted molar refractivity (Wildman–Crippen MR) is 196 cm³/mol. The van der Waals surface area contributed by atoms with E-state index in [1.807, 2.05) is 66.7 Å². The zero-order chi connectivity index (χ0) is 35.4. The molecule has 3 aliphatic rings. The molecule has 51 heavy (non-hydrogen) atoms. The molecule has 3 aromatic carbocycles. The first-order valence-corrected chi connectivity index (χ1v) is 19.0. The van der Waals surface area contributed by atoms with Gasteiger partial charge in [-0.2, -0.15) is 0 Å². The molecule has 0 saturated carbocycles. The van der Waals surface area contributed by atoms with Crippen molar-refractivity contribution in [1.29, 1.82) is 0 Å². The SMILES string of the molecule is COc1ccc(C(OC[C@H]2O[C@@H](n3cc(C)c(=O)[nH]c3=O)C[C@@H]2OP(N2CCCC2)N2CCCC2)(c2ccccc2)c2ccc(OC)cc2)cc1. The molecule has 0 bridgehead atoms. The summed E-state index contributed by atoms with van der Waals surface area (Å²) in [7, 11) is 2.28. The van der Waals surface area contributed by atoms with E-state index in [4.69, 9.17) is 23.5 Å². The standard InChI is InChI=1S/C39H47N4O7P/c1-28-26-43(38(45)40-37(28)44)36-25-34(50-51(41-21-7-8-22-41)42-23-9-10-24-42)35(49-36)27-48-39(29-11-5-4-6-12-29,30-13-17-32(46-2)18-14-30)31-15-19-33(47-3)20-16-31/h4-6,11-20,26,34-36H,7-10,21-25,27H2,1-3H3,(H,40,44,45)/t34-,35+,36+/m0/s1. The topological polar surface area (TPSA) is 107 Å². The van der Waals surface area contributed by atoms with E-state index in [0.717, 1.165) is 80.1 Å². The number of aromatic amines is 1. The lowest BCUT2D eigenvalue weighted by molar-refractivity contribution is -0.0917. The Balaban J connectivity index is 1.28. The lowest BCUT2D eigenvalue weighted by Gasteiger charge is -2.38. The summed E-state index contributed by atoms with van der Waals surface area (Å²) in [5.74, 6) is 1.48. The maximum Gasteiger partial charge on any atom is 0.330 e. The van der Waals surface area contributed by atoms with Crippen molar-refractivity contribution in [2.75, 3.05) is 47.0 Å². The molecule has 0 unspecified atom stereocenters. The molecule has 3 fully saturated rings. The molecule has 11 nitrogen and oxygen atoms in total. The van der Waals surface area contributed by atoms with Gasteiger partial charge in [0.1, 0.15) is 29.4 Å². The van der Waals surface area contributed by atoms with E-state index in [-0.39, 0.29) is 12.7 Å². The summed E-state index contributed by atoms with van der Waals surface area (Å²) in [5, 5.41) is 0. The average molecular weight is 715 g/mol. The van der Waals surface area contributed by atoms with Crippen LogP contribution < -0.4 is 20.7 Å². The minimum Gasteiger partial charge on any atom is -0.497 e. The zero-order valence-corrected chi connectivity index (χ0v) is 30.4. The molecule has 4 aromatic rings. The smallest absolute Gasteiger partial charge is 0.330 e. The predicted octanol–water partition coefficient (Wildman–Crippen LogP) is 5.96. The molecule has 0 aliphatic carbocycles. The molecular formula is C39H47N4O7P. The maximum atomic E-state index is 13.1. The Hall–Kier alpha value is -3.83. The minimum absolute atomic E-state index is 0.161. The fourth-order valence-corrected chi connectivity index (χ4v) is 9.73. The monoisotopic (exact) mass is 714 g/mol. The molecule has 1 N–H and O–H groups in total. The Labute approximate surface area is 300 Å². The van der Waals surface area contributed by atoms with Crippen molar-refractivity contribution < 1.29 is 23.5 Å². The molecule has 4 heterocycles. The number of aryl methyl sites for hydroxylation is 1.